The number of nitrogens with zero attached hydrogens (tertiary/aromatic N) is 3. The number of hydrogen-bond donors (Lipinski definition) is 1. The van der Waals surface area contributed by atoms with Crippen molar-refractivity contribution >= 4 is 6.21 Å². The standard InChI is InChI=1S/C5H5N3O/c9-8-3-5-1-6-4-7-2-5/h1-4,9H/b8-3-. The summed E-state index contributed by atoms with van der Waals surface area (Å²) in [6, 6.07) is 0. The molecule has 0 fully saturated rings. The normalized spacial score (nSPS) is 10.2. The fourth-order valence-electron chi connectivity index (χ4n) is 0.444. The number of aromatic nitrogens is 2. The Morgan fingerprint density at radius 3 is 2.67 bits per heavy atom. The molecule has 1 aromatic rings. The summed E-state index contributed by atoms with van der Waals surface area (Å²) in [5.41, 5.74) is 0.681. The molecule has 0 saturated heterocycles. The van der Waals surface area contributed by atoms with Crippen molar-refractivity contribution in [2.45, 2.75) is 0 Å². The average Bonchev–Trinajstić information content (AvgIpc) is 1.91. The van der Waals surface area contributed by atoms with Crippen molar-refractivity contribution < 1.29 is 5.21 Å². The molecule has 9 heavy (non-hydrogen) atoms. The quantitative estimate of drug-likeness (QED) is 0.331. The molecule has 1 N–H and O–H groups in total. The molecule has 0 bridgehead atoms. The summed E-state index contributed by atoms with van der Waals surface area (Å²) in [5, 5.41) is 10.8. The summed E-state index contributed by atoms with van der Waals surface area (Å²) >= 11 is 0. The van der Waals surface area contributed by atoms with E-state index in [-0.39, 0.29) is 0 Å². The zero-order chi connectivity index (χ0) is 6.53. The molecular weight excluding hydrogens is 118 g/mol. The number of oxime groups is 1. The van der Waals surface area contributed by atoms with Crippen molar-refractivity contribution in [2.24, 2.45) is 5.16 Å². The molecule has 0 aliphatic carbocycles. The van der Waals surface area contributed by atoms with Crippen molar-refractivity contribution in [2.75, 3.05) is 0 Å². The molecule has 0 atom stereocenters. The highest BCUT2D eigenvalue weighted by Gasteiger charge is 1.82. The molecule has 1 heterocycles. The summed E-state index contributed by atoms with van der Waals surface area (Å²) in [6.07, 6.45) is 5.77. The van der Waals surface area contributed by atoms with Gasteiger partial charge >= 0.3 is 0 Å². The summed E-state index contributed by atoms with van der Waals surface area (Å²) in [7, 11) is 0. The van der Waals surface area contributed by atoms with Crippen LogP contribution in [-0.4, -0.2) is 21.4 Å². The Balaban J connectivity index is 2.85. The second-order valence-electron chi connectivity index (χ2n) is 1.42. The van der Waals surface area contributed by atoms with Crippen LogP contribution in [-0.2, 0) is 0 Å². The van der Waals surface area contributed by atoms with Gasteiger partial charge in [0.15, 0.2) is 0 Å². The van der Waals surface area contributed by atoms with Crippen molar-refractivity contribution in [3.8, 4) is 0 Å². The van der Waals surface area contributed by atoms with Crippen molar-refractivity contribution in [1.82, 2.24) is 9.97 Å². The van der Waals surface area contributed by atoms with Gasteiger partial charge in [-0.1, -0.05) is 5.16 Å². The predicted octanol–water partition coefficient (Wildman–Crippen LogP) is 0.285. The second kappa shape index (κ2) is 2.76. The fraction of sp³-hybridized carbons (Fsp3) is 0. The summed E-state index contributed by atoms with van der Waals surface area (Å²) < 4.78 is 0. The maximum absolute atomic E-state index is 8.03. The van der Waals surface area contributed by atoms with Crippen LogP contribution in [0.15, 0.2) is 23.9 Å². The highest BCUT2D eigenvalue weighted by molar-refractivity contribution is 5.77. The molecule has 0 aliphatic rings. The minimum Gasteiger partial charge on any atom is -0.411 e. The van der Waals surface area contributed by atoms with Crippen LogP contribution < -0.4 is 0 Å². The van der Waals surface area contributed by atoms with E-state index in [0.717, 1.165) is 0 Å². The Kier molecular flexibility index (Phi) is 1.74. The largest absolute Gasteiger partial charge is 0.411 e. The van der Waals surface area contributed by atoms with Gasteiger partial charge in [-0.3, -0.25) is 0 Å². The van der Waals surface area contributed by atoms with Gasteiger partial charge in [-0.2, -0.15) is 0 Å². The Bertz CT molecular complexity index is 197. The topological polar surface area (TPSA) is 58.4 Å². The van der Waals surface area contributed by atoms with Crippen LogP contribution in [0.5, 0.6) is 0 Å². The van der Waals surface area contributed by atoms with E-state index in [4.69, 9.17) is 5.21 Å². The highest BCUT2D eigenvalue weighted by atomic mass is 16.4. The third-order valence-electron chi connectivity index (χ3n) is 0.787. The number of hydrogen-bond acceptors (Lipinski definition) is 4. The van der Waals surface area contributed by atoms with E-state index in [1.807, 2.05) is 0 Å². The van der Waals surface area contributed by atoms with Gasteiger partial charge in [0.25, 0.3) is 0 Å². The lowest BCUT2D eigenvalue weighted by Gasteiger charge is -1.83. The minimum absolute atomic E-state index is 0.681. The SMILES string of the molecule is O/N=C\c1cncnc1. The Labute approximate surface area is 51.9 Å². The molecule has 0 spiro atoms. The van der Waals surface area contributed by atoms with Crippen molar-refractivity contribution in [3.63, 3.8) is 0 Å². The van der Waals surface area contributed by atoms with Gasteiger partial charge in [-0.25, -0.2) is 9.97 Å². The van der Waals surface area contributed by atoms with E-state index in [9.17, 15) is 0 Å². The molecule has 0 saturated carbocycles. The van der Waals surface area contributed by atoms with Gasteiger partial charge in [-0.15, -0.1) is 0 Å². The molecular formula is C5H5N3O. The van der Waals surface area contributed by atoms with E-state index in [0.29, 0.717) is 5.56 Å². The van der Waals surface area contributed by atoms with E-state index < -0.39 is 0 Å². The van der Waals surface area contributed by atoms with E-state index >= 15 is 0 Å². The first-order valence-electron chi connectivity index (χ1n) is 2.36. The molecule has 46 valence electrons. The molecule has 4 nitrogen and oxygen atoms in total. The van der Waals surface area contributed by atoms with Crippen LogP contribution in [0.1, 0.15) is 5.56 Å². The van der Waals surface area contributed by atoms with E-state index in [2.05, 4.69) is 15.1 Å². The molecule has 0 aliphatic heterocycles. The van der Waals surface area contributed by atoms with Gasteiger partial charge in [0, 0.05) is 18.0 Å². The molecule has 4 heteroatoms. The maximum atomic E-state index is 8.03. The molecule has 0 aromatic carbocycles. The third-order valence-corrected chi connectivity index (χ3v) is 0.787. The van der Waals surface area contributed by atoms with Gasteiger partial charge in [-0.05, 0) is 0 Å². The first kappa shape index (κ1) is 5.68. The minimum atomic E-state index is 0.681. The molecule has 0 radical (unpaired) electrons. The first-order valence-corrected chi connectivity index (χ1v) is 2.36. The van der Waals surface area contributed by atoms with E-state index in [1.54, 1.807) is 12.4 Å². The molecule has 0 unspecified atom stereocenters. The zero-order valence-electron chi connectivity index (χ0n) is 4.60. The fourth-order valence-corrected chi connectivity index (χ4v) is 0.444. The lowest BCUT2D eigenvalue weighted by Crippen LogP contribution is -1.83. The lowest BCUT2D eigenvalue weighted by atomic mass is 10.4. The van der Waals surface area contributed by atoms with Crippen LogP contribution in [0.2, 0.25) is 0 Å². The zero-order valence-corrected chi connectivity index (χ0v) is 4.60. The van der Waals surface area contributed by atoms with Gasteiger partial charge in [0.05, 0.1) is 6.21 Å². The van der Waals surface area contributed by atoms with Crippen molar-refractivity contribution in [3.05, 3.63) is 24.3 Å². The highest BCUT2D eigenvalue weighted by Crippen LogP contribution is 1.84. The lowest BCUT2D eigenvalue weighted by molar-refractivity contribution is 0.322. The van der Waals surface area contributed by atoms with Crippen LogP contribution in [0, 0.1) is 0 Å². The summed E-state index contributed by atoms with van der Waals surface area (Å²) in [6.45, 7) is 0. The Morgan fingerprint density at radius 2 is 2.11 bits per heavy atom. The van der Waals surface area contributed by atoms with Crippen molar-refractivity contribution in [1.29, 1.82) is 0 Å². The maximum Gasteiger partial charge on any atom is 0.115 e. The monoisotopic (exact) mass is 123 g/mol. The predicted molar refractivity (Wildman–Crippen MR) is 31.4 cm³/mol. The number of rotatable bonds is 1. The summed E-state index contributed by atoms with van der Waals surface area (Å²) in [4.78, 5) is 7.38. The summed E-state index contributed by atoms with van der Waals surface area (Å²) in [5.74, 6) is 0. The Hall–Kier alpha value is -1.45. The van der Waals surface area contributed by atoms with Crippen LogP contribution in [0.3, 0.4) is 0 Å². The van der Waals surface area contributed by atoms with Gasteiger partial charge in [0.2, 0.25) is 0 Å². The first-order chi connectivity index (χ1) is 4.43. The Morgan fingerprint density at radius 1 is 1.44 bits per heavy atom. The van der Waals surface area contributed by atoms with E-state index in [1.165, 1.54) is 12.5 Å². The third kappa shape index (κ3) is 1.49. The second-order valence-corrected chi connectivity index (χ2v) is 1.42. The van der Waals surface area contributed by atoms with Crippen LogP contribution >= 0.6 is 0 Å². The average molecular weight is 123 g/mol. The smallest absolute Gasteiger partial charge is 0.115 e. The van der Waals surface area contributed by atoms with Gasteiger partial charge in [0.1, 0.15) is 6.33 Å². The van der Waals surface area contributed by atoms with Crippen LogP contribution in [0.4, 0.5) is 0 Å². The molecule has 1 rings (SSSR count). The molecule has 0 amide bonds. The van der Waals surface area contributed by atoms with Gasteiger partial charge < -0.3 is 5.21 Å². The van der Waals surface area contributed by atoms with Crippen LogP contribution in [0.25, 0.3) is 0 Å². The molecule has 1 aromatic heterocycles.